The third-order valence-electron chi connectivity index (χ3n) is 2.50. The summed E-state index contributed by atoms with van der Waals surface area (Å²) in [6, 6.07) is 3.67. The molecule has 2 N–H and O–H groups in total. The van der Waals surface area contributed by atoms with E-state index in [2.05, 4.69) is 0 Å². The van der Waals surface area contributed by atoms with Gasteiger partial charge in [0.1, 0.15) is 0 Å². The van der Waals surface area contributed by atoms with E-state index >= 15 is 0 Å². The van der Waals surface area contributed by atoms with Crippen LogP contribution in [0.3, 0.4) is 0 Å². The molecule has 1 aliphatic rings. The minimum Gasteiger partial charge on any atom is -0.388 e. The molecule has 2 unspecified atom stereocenters. The van der Waals surface area contributed by atoms with Gasteiger partial charge in [-0.3, -0.25) is 4.79 Å². The molecule has 0 aromatic carbocycles. The summed E-state index contributed by atoms with van der Waals surface area (Å²) in [4.78, 5) is 15.1. The number of aliphatic hydroxyl groups excluding tert-OH is 2. The van der Waals surface area contributed by atoms with Gasteiger partial charge in [0.05, 0.1) is 17.1 Å². The number of aryl methyl sites for hydroxylation is 1. The van der Waals surface area contributed by atoms with E-state index in [0.717, 1.165) is 4.88 Å². The van der Waals surface area contributed by atoms with Gasteiger partial charge in [-0.1, -0.05) is 0 Å². The molecule has 0 aliphatic carbocycles. The standard InChI is InChI=1S/C10H13NO3S/c1-6-2-3-9(15-6)10(14)11-4-7(12)8(13)5-11/h2-3,7-8,12-13H,4-5H2,1H3. The molecule has 0 saturated carbocycles. The van der Waals surface area contributed by atoms with Crippen molar-refractivity contribution in [1.82, 2.24) is 4.90 Å². The van der Waals surface area contributed by atoms with Crippen molar-refractivity contribution in [3.05, 3.63) is 21.9 Å². The van der Waals surface area contributed by atoms with Crippen LogP contribution >= 0.6 is 11.3 Å². The summed E-state index contributed by atoms with van der Waals surface area (Å²) in [5, 5.41) is 18.7. The fourth-order valence-corrected chi connectivity index (χ4v) is 2.48. The molecule has 15 heavy (non-hydrogen) atoms. The molecular weight excluding hydrogens is 214 g/mol. The van der Waals surface area contributed by atoms with E-state index in [-0.39, 0.29) is 19.0 Å². The zero-order valence-corrected chi connectivity index (χ0v) is 9.20. The number of hydrogen-bond acceptors (Lipinski definition) is 4. The second-order valence-corrected chi connectivity index (χ2v) is 5.04. The number of carbonyl (C=O) groups excluding carboxylic acids is 1. The highest BCUT2D eigenvalue weighted by Crippen LogP contribution is 2.20. The van der Waals surface area contributed by atoms with E-state index in [4.69, 9.17) is 0 Å². The Morgan fingerprint density at radius 3 is 2.47 bits per heavy atom. The largest absolute Gasteiger partial charge is 0.388 e. The Bertz CT molecular complexity index is 366. The van der Waals surface area contributed by atoms with Gasteiger partial charge in [-0.2, -0.15) is 0 Å². The lowest BCUT2D eigenvalue weighted by molar-refractivity contribution is 0.0572. The van der Waals surface area contributed by atoms with E-state index < -0.39 is 12.2 Å². The van der Waals surface area contributed by atoms with Gasteiger partial charge < -0.3 is 15.1 Å². The van der Waals surface area contributed by atoms with Crippen molar-refractivity contribution in [3.63, 3.8) is 0 Å². The van der Waals surface area contributed by atoms with E-state index in [1.807, 2.05) is 13.0 Å². The topological polar surface area (TPSA) is 60.8 Å². The molecule has 1 aliphatic heterocycles. The van der Waals surface area contributed by atoms with E-state index in [9.17, 15) is 15.0 Å². The summed E-state index contributed by atoms with van der Waals surface area (Å²) in [6.45, 7) is 2.38. The molecule has 1 saturated heterocycles. The molecule has 0 spiro atoms. The van der Waals surface area contributed by atoms with Crippen LogP contribution in [0.25, 0.3) is 0 Å². The van der Waals surface area contributed by atoms with E-state index in [0.29, 0.717) is 4.88 Å². The Labute approximate surface area is 91.8 Å². The average molecular weight is 227 g/mol. The number of amides is 1. The Morgan fingerprint density at radius 2 is 2.00 bits per heavy atom. The number of β-amino-alcohol motifs (C(OH)–C–C–N with tert-alkyl or cyclic N) is 2. The van der Waals surface area contributed by atoms with Crippen LogP contribution in [-0.4, -0.2) is 46.3 Å². The maximum Gasteiger partial charge on any atom is 0.264 e. The highest BCUT2D eigenvalue weighted by atomic mass is 32.1. The van der Waals surface area contributed by atoms with Gasteiger partial charge in [0.15, 0.2) is 0 Å². The molecule has 1 amide bonds. The van der Waals surface area contributed by atoms with E-state index in [1.54, 1.807) is 6.07 Å². The van der Waals surface area contributed by atoms with Crippen molar-refractivity contribution >= 4 is 17.2 Å². The molecule has 1 aromatic heterocycles. The maximum atomic E-state index is 11.9. The second kappa shape index (κ2) is 3.92. The van der Waals surface area contributed by atoms with Gasteiger partial charge in [0.25, 0.3) is 5.91 Å². The van der Waals surface area contributed by atoms with Gasteiger partial charge in [0, 0.05) is 18.0 Å². The van der Waals surface area contributed by atoms with Gasteiger partial charge >= 0.3 is 0 Å². The molecule has 2 heterocycles. The fourth-order valence-electron chi connectivity index (χ4n) is 1.64. The number of hydrogen-bond donors (Lipinski definition) is 2. The maximum absolute atomic E-state index is 11.9. The second-order valence-electron chi connectivity index (χ2n) is 3.76. The lowest BCUT2D eigenvalue weighted by atomic mass is 10.3. The third kappa shape index (κ3) is 2.04. The molecule has 4 nitrogen and oxygen atoms in total. The summed E-state index contributed by atoms with van der Waals surface area (Å²) < 4.78 is 0. The van der Waals surface area contributed by atoms with Gasteiger partial charge in [0.2, 0.25) is 0 Å². The van der Waals surface area contributed by atoms with E-state index in [1.165, 1.54) is 16.2 Å². The zero-order valence-electron chi connectivity index (χ0n) is 8.38. The molecule has 5 heteroatoms. The molecule has 2 rings (SSSR count). The van der Waals surface area contributed by atoms with Gasteiger partial charge in [-0.05, 0) is 19.1 Å². The summed E-state index contributed by atoms with van der Waals surface area (Å²) in [5.74, 6) is -0.108. The monoisotopic (exact) mass is 227 g/mol. The average Bonchev–Trinajstić information content (AvgIpc) is 2.74. The lowest BCUT2D eigenvalue weighted by Crippen LogP contribution is -2.29. The number of thiophene rings is 1. The van der Waals surface area contributed by atoms with Crippen LogP contribution < -0.4 is 0 Å². The summed E-state index contributed by atoms with van der Waals surface area (Å²) in [7, 11) is 0. The first-order valence-corrected chi connectivity index (χ1v) is 5.61. The highest BCUT2D eigenvalue weighted by molar-refractivity contribution is 7.13. The summed E-state index contributed by atoms with van der Waals surface area (Å²) >= 11 is 1.43. The zero-order chi connectivity index (χ0) is 11.0. The van der Waals surface area contributed by atoms with Crippen molar-refractivity contribution in [3.8, 4) is 0 Å². The van der Waals surface area contributed by atoms with Crippen LogP contribution in [0.15, 0.2) is 12.1 Å². The smallest absolute Gasteiger partial charge is 0.264 e. The Hall–Kier alpha value is -0.910. The van der Waals surface area contributed by atoms with Gasteiger partial charge in [-0.15, -0.1) is 11.3 Å². The summed E-state index contributed by atoms with van der Waals surface area (Å²) in [6.07, 6.45) is -1.62. The van der Waals surface area contributed by atoms with Crippen molar-refractivity contribution in [1.29, 1.82) is 0 Å². The van der Waals surface area contributed by atoms with Crippen molar-refractivity contribution in [2.75, 3.05) is 13.1 Å². The molecule has 0 bridgehead atoms. The predicted molar refractivity (Wildman–Crippen MR) is 57.0 cm³/mol. The highest BCUT2D eigenvalue weighted by Gasteiger charge is 2.33. The van der Waals surface area contributed by atoms with Crippen LogP contribution in [0.1, 0.15) is 14.5 Å². The van der Waals surface area contributed by atoms with Crippen molar-refractivity contribution in [2.24, 2.45) is 0 Å². The minimum absolute atomic E-state index is 0.108. The SMILES string of the molecule is Cc1ccc(C(=O)N2CC(O)C(O)C2)s1. The Balaban J connectivity index is 2.10. The Morgan fingerprint density at radius 1 is 1.40 bits per heavy atom. The third-order valence-corrected chi connectivity index (χ3v) is 3.49. The lowest BCUT2D eigenvalue weighted by Gasteiger charge is -2.13. The first-order valence-electron chi connectivity index (χ1n) is 4.80. The normalized spacial score (nSPS) is 25.9. The first kappa shape index (κ1) is 10.6. The van der Waals surface area contributed by atoms with Crippen molar-refractivity contribution < 1.29 is 15.0 Å². The summed E-state index contributed by atoms with van der Waals surface area (Å²) in [5.41, 5.74) is 0. The van der Waals surface area contributed by atoms with Crippen LogP contribution in [0.4, 0.5) is 0 Å². The molecule has 2 atom stereocenters. The molecular formula is C10H13NO3S. The predicted octanol–water partition coefficient (Wildman–Crippen LogP) is 0.234. The van der Waals surface area contributed by atoms with Gasteiger partial charge in [-0.25, -0.2) is 0 Å². The molecule has 0 radical (unpaired) electrons. The number of aliphatic hydroxyl groups is 2. The number of carbonyl (C=O) groups is 1. The van der Waals surface area contributed by atoms with Crippen LogP contribution in [0, 0.1) is 6.92 Å². The van der Waals surface area contributed by atoms with Crippen LogP contribution in [-0.2, 0) is 0 Å². The van der Waals surface area contributed by atoms with Crippen molar-refractivity contribution in [2.45, 2.75) is 19.1 Å². The quantitative estimate of drug-likeness (QED) is 0.722. The number of nitrogens with zero attached hydrogens (tertiary/aromatic N) is 1. The molecule has 82 valence electrons. The van der Waals surface area contributed by atoms with Crippen LogP contribution in [0.2, 0.25) is 0 Å². The minimum atomic E-state index is -0.810. The number of rotatable bonds is 1. The Kier molecular flexibility index (Phi) is 2.77. The molecule has 1 aromatic rings. The number of likely N-dealkylation sites (tertiary alicyclic amines) is 1. The van der Waals surface area contributed by atoms with Crippen LogP contribution in [0.5, 0.6) is 0 Å². The molecule has 1 fully saturated rings. The fraction of sp³-hybridized carbons (Fsp3) is 0.500. The first-order chi connectivity index (χ1) is 7.08.